The molecule has 1 aromatic rings. The number of ether oxygens (including phenoxy) is 1. The van der Waals surface area contributed by atoms with E-state index in [4.69, 9.17) is 18.5 Å². The first-order valence-electron chi connectivity index (χ1n) is 11.8. The van der Waals surface area contributed by atoms with E-state index >= 15 is 0 Å². The third kappa shape index (κ3) is 7.31. The largest absolute Gasteiger partial charge is 0.498 e. The van der Waals surface area contributed by atoms with E-state index in [1.54, 1.807) is 6.20 Å². The van der Waals surface area contributed by atoms with Crippen LogP contribution in [0.4, 0.5) is 4.79 Å². The molecule has 0 aromatic carbocycles. The number of carbonyl (C=O) groups is 1. The molecule has 0 saturated carbocycles. The lowest BCUT2D eigenvalue weighted by molar-refractivity contribution is 0.00578. The fourth-order valence-electron chi connectivity index (χ4n) is 3.04. The van der Waals surface area contributed by atoms with Crippen LogP contribution in [0.1, 0.15) is 69.2 Å². The maximum atomic E-state index is 12.2. The van der Waals surface area contributed by atoms with E-state index in [0.717, 1.165) is 5.46 Å². The van der Waals surface area contributed by atoms with Crippen molar-refractivity contribution >= 4 is 27.0 Å². The summed E-state index contributed by atoms with van der Waals surface area (Å²) in [5.41, 5.74) is -0.518. The number of rotatable bonds is 7. The first-order chi connectivity index (χ1) is 14.7. The average molecular weight is 482 g/mol. The van der Waals surface area contributed by atoms with Crippen molar-refractivity contribution in [3.63, 3.8) is 0 Å². The molecule has 1 fully saturated rings. The lowest BCUT2D eigenvalue weighted by Crippen LogP contribution is -2.48. The van der Waals surface area contributed by atoms with E-state index in [-0.39, 0.29) is 11.1 Å². The van der Waals surface area contributed by atoms with Crippen LogP contribution in [0, 0.1) is 0 Å². The standard InChI is InChI=1S/C23H44BN3O5Si/c1-20(2,3)29-19(28)25-14-18(30-33(11,12)21(4,5)6)16-27-15-17(13-26-27)24-31-22(7,8)23(9,10)32-24/h13,15,18H,14,16H2,1-12H3,(H,25,28)/t18-/m0/s1. The second-order valence-electron chi connectivity index (χ2n) is 12.5. The Kier molecular flexibility index (Phi) is 7.91. The number of hydrogen-bond acceptors (Lipinski definition) is 6. The second-order valence-corrected chi connectivity index (χ2v) is 17.2. The predicted molar refractivity (Wildman–Crippen MR) is 134 cm³/mol. The molecule has 1 amide bonds. The normalized spacial score (nSPS) is 19.5. The minimum Gasteiger partial charge on any atom is -0.444 e. The molecule has 0 unspecified atom stereocenters. The molecule has 2 rings (SSSR count). The van der Waals surface area contributed by atoms with Gasteiger partial charge in [0.15, 0.2) is 8.32 Å². The number of nitrogens with zero attached hydrogens (tertiary/aromatic N) is 2. The SMILES string of the molecule is CC(C)(C)OC(=O)NC[C@@H](Cn1cc(B2OC(C)(C)C(C)(C)O2)cn1)O[Si](C)(C)C(C)(C)C. The maximum absolute atomic E-state index is 12.2. The minimum absolute atomic E-state index is 0.0368. The number of hydrogen-bond donors (Lipinski definition) is 1. The topological polar surface area (TPSA) is 83.8 Å². The van der Waals surface area contributed by atoms with Crippen molar-refractivity contribution < 1.29 is 23.3 Å². The highest BCUT2D eigenvalue weighted by molar-refractivity contribution is 6.74. The summed E-state index contributed by atoms with van der Waals surface area (Å²) >= 11 is 0. The van der Waals surface area contributed by atoms with Gasteiger partial charge < -0.3 is 23.8 Å². The highest BCUT2D eigenvalue weighted by Crippen LogP contribution is 2.38. The van der Waals surface area contributed by atoms with Gasteiger partial charge in [0.25, 0.3) is 0 Å². The van der Waals surface area contributed by atoms with Crippen molar-refractivity contribution in [3.05, 3.63) is 12.4 Å². The lowest BCUT2D eigenvalue weighted by atomic mass is 9.82. The number of nitrogens with one attached hydrogen (secondary N) is 1. The summed E-state index contributed by atoms with van der Waals surface area (Å²) in [7, 11) is -2.55. The van der Waals surface area contributed by atoms with Crippen LogP contribution in [0.3, 0.4) is 0 Å². The number of alkyl carbamates (subject to hydrolysis) is 1. The van der Waals surface area contributed by atoms with Crippen molar-refractivity contribution in [2.24, 2.45) is 0 Å². The first-order valence-corrected chi connectivity index (χ1v) is 14.7. The van der Waals surface area contributed by atoms with Gasteiger partial charge in [0, 0.05) is 24.4 Å². The van der Waals surface area contributed by atoms with Crippen LogP contribution in [-0.4, -0.2) is 60.8 Å². The average Bonchev–Trinajstić information content (AvgIpc) is 3.12. The molecule has 10 heteroatoms. The molecule has 1 aliphatic rings. The van der Waals surface area contributed by atoms with Crippen molar-refractivity contribution in [1.82, 2.24) is 15.1 Å². The van der Waals surface area contributed by atoms with Crippen molar-refractivity contribution in [3.8, 4) is 0 Å². The van der Waals surface area contributed by atoms with E-state index < -0.39 is 38.3 Å². The van der Waals surface area contributed by atoms with Gasteiger partial charge in [-0.05, 0) is 66.6 Å². The van der Waals surface area contributed by atoms with Gasteiger partial charge in [0.2, 0.25) is 0 Å². The third-order valence-corrected chi connectivity index (χ3v) is 11.2. The molecule has 1 N–H and O–H groups in total. The van der Waals surface area contributed by atoms with Crippen molar-refractivity contribution in [1.29, 1.82) is 0 Å². The molecule has 0 spiro atoms. The van der Waals surface area contributed by atoms with Gasteiger partial charge in [-0.1, -0.05) is 20.8 Å². The Bertz CT molecular complexity index is 811. The Balaban J connectivity index is 2.13. The maximum Gasteiger partial charge on any atom is 0.498 e. The summed E-state index contributed by atoms with van der Waals surface area (Å²) in [5, 5.41) is 7.42. The zero-order chi connectivity index (χ0) is 25.5. The Hall–Kier alpha value is -1.36. The van der Waals surface area contributed by atoms with Crippen molar-refractivity contribution in [2.75, 3.05) is 6.54 Å². The fourth-order valence-corrected chi connectivity index (χ4v) is 4.38. The third-order valence-electron chi connectivity index (χ3n) is 6.71. The van der Waals surface area contributed by atoms with Crippen LogP contribution in [-0.2, 0) is 25.0 Å². The highest BCUT2D eigenvalue weighted by Gasteiger charge is 2.52. The molecule has 33 heavy (non-hydrogen) atoms. The molecule has 2 heterocycles. The molecule has 1 aromatic heterocycles. The number of aromatic nitrogens is 2. The van der Waals surface area contributed by atoms with Gasteiger partial charge in [-0.25, -0.2) is 4.79 Å². The van der Waals surface area contributed by atoms with Crippen LogP contribution < -0.4 is 10.8 Å². The highest BCUT2D eigenvalue weighted by atomic mass is 28.4. The Labute approximate surface area is 201 Å². The van der Waals surface area contributed by atoms with E-state index in [2.05, 4.69) is 44.3 Å². The lowest BCUT2D eigenvalue weighted by Gasteiger charge is -2.39. The van der Waals surface area contributed by atoms with Crippen LogP contribution in [0.25, 0.3) is 0 Å². The van der Waals surface area contributed by atoms with E-state index in [1.807, 2.05) is 59.3 Å². The molecule has 1 aliphatic heterocycles. The van der Waals surface area contributed by atoms with Crippen LogP contribution in [0.5, 0.6) is 0 Å². The Morgan fingerprint density at radius 1 is 1.15 bits per heavy atom. The molecule has 8 nitrogen and oxygen atoms in total. The van der Waals surface area contributed by atoms with Crippen LogP contribution in [0.2, 0.25) is 18.1 Å². The molecular formula is C23H44BN3O5Si. The van der Waals surface area contributed by atoms with Gasteiger partial charge in [-0.15, -0.1) is 0 Å². The second kappa shape index (κ2) is 9.36. The van der Waals surface area contributed by atoms with E-state index in [0.29, 0.717) is 13.1 Å². The summed E-state index contributed by atoms with van der Waals surface area (Å²) in [4.78, 5) is 12.2. The quantitative estimate of drug-likeness (QED) is 0.591. The van der Waals surface area contributed by atoms with Gasteiger partial charge in [0.05, 0.1) is 23.9 Å². The fraction of sp³-hybridized carbons (Fsp3) is 0.826. The first kappa shape index (κ1) is 27.9. The molecule has 0 aliphatic carbocycles. The smallest absolute Gasteiger partial charge is 0.444 e. The molecular weight excluding hydrogens is 437 g/mol. The summed E-state index contributed by atoms with van der Waals surface area (Å²) in [6.45, 7) is 25.5. The van der Waals surface area contributed by atoms with Gasteiger partial charge in [-0.2, -0.15) is 5.10 Å². The van der Waals surface area contributed by atoms with Crippen LogP contribution in [0.15, 0.2) is 12.4 Å². The summed E-state index contributed by atoms with van der Waals surface area (Å²) in [6, 6.07) is 0. The molecule has 1 atom stereocenters. The zero-order valence-electron chi connectivity index (χ0n) is 22.7. The number of amides is 1. The Morgan fingerprint density at radius 3 is 2.18 bits per heavy atom. The van der Waals surface area contributed by atoms with Gasteiger partial charge in [0.1, 0.15) is 5.60 Å². The summed E-state index contributed by atoms with van der Waals surface area (Å²) < 4.78 is 26.1. The van der Waals surface area contributed by atoms with Crippen LogP contribution >= 0.6 is 0 Å². The van der Waals surface area contributed by atoms with E-state index in [9.17, 15) is 4.79 Å². The molecule has 0 bridgehead atoms. The Morgan fingerprint density at radius 2 is 1.70 bits per heavy atom. The summed E-state index contributed by atoms with van der Waals surface area (Å²) in [6.07, 6.45) is 2.99. The van der Waals surface area contributed by atoms with Crippen molar-refractivity contribution in [2.45, 2.75) is 117 Å². The zero-order valence-corrected chi connectivity index (χ0v) is 23.7. The monoisotopic (exact) mass is 481 g/mol. The summed E-state index contributed by atoms with van der Waals surface area (Å²) in [5.74, 6) is 0. The molecule has 188 valence electrons. The van der Waals surface area contributed by atoms with E-state index in [1.165, 1.54) is 0 Å². The predicted octanol–water partition coefficient (Wildman–Crippen LogP) is 4.10. The molecule has 0 radical (unpaired) electrons. The number of carbonyl (C=O) groups excluding carboxylic acids is 1. The minimum atomic E-state index is -2.08. The van der Waals surface area contributed by atoms with Gasteiger partial charge in [-0.3, -0.25) is 4.68 Å². The van der Waals surface area contributed by atoms with Gasteiger partial charge >= 0.3 is 13.2 Å². The molecule has 1 saturated heterocycles.